The molecule has 0 aromatic heterocycles. The minimum atomic E-state index is -3.49. The number of hydrogen-bond donors (Lipinski definition) is 0. The molecule has 2 aromatic rings. The Morgan fingerprint density at radius 2 is 1.34 bits per heavy atom. The Morgan fingerprint density at radius 3 is 1.88 bits per heavy atom. The Bertz CT molecular complexity index is 1150. The molecule has 0 N–H and O–H groups in total. The standard InChI is InChI=1S/C24H31NO5S2/c1-24(2,3)31(27,28)18-20-7-11-21(12-8-20)23(26)17-19-9-13-22(14-10-19)32(29,30)25-15-5-4-6-16-25/h7-14H,4-6,15-18H2,1-3H3. The number of carbonyl (C=O) groups excluding carboxylic acids is 1. The number of carbonyl (C=O) groups is 1. The summed E-state index contributed by atoms with van der Waals surface area (Å²) in [5.74, 6) is -0.181. The normalized spacial score (nSPS) is 16.1. The largest absolute Gasteiger partial charge is 0.294 e. The van der Waals surface area contributed by atoms with E-state index in [4.69, 9.17) is 0 Å². The molecule has 1 aliphatic rings. The molecule has 0 unspecified atom stereocenters. The average Bonchev–Trinajstić information content (AvgIpc) is 2.74. The van der Waals surface area contributed by atoms with Gasteiger partial charge in [0.25, 0.3) is 0 Å². The number of nitrogens with zero attached hydrogens (tertiary/aromatic N) is 1. The summed E-state index contributed by atoms with van der Waals surface area (Å²) in [4.78, 5) is 12.9. The smallest absolute Gasteiger partial charge is 0.243 e. The van der Waals surface area contributed by atoms with Crippen molar-refractivity contribution in [1.82, 2.24) is 4.31 Å². The topological polar surface area (TPSA) is 88.6 Å². The second-order valence-corrected chi connectivity index (χ2v) is 14.0. The van der Waals surface area contributed by atoms with Gasteiger partial charge in [-0.3, -0.25) is 4.79 Å². The molecule has 1 aliphatic heterocycles. The van der Waals surface area contributed by atoms with Crippen LogP contribution in [0.2, 0.25) is 0 Å². The fourth-order valence-corrected chi connectivity index (χ4v) is 6.13. The van der Waals surface area contributed by atoms with E-state index in [2.05, 4.69) is 0 Å². The van der Waals surface area contributed by atoms with E-state index in [0.717, 1.165) is 24.8 Å². The Morgan fingerprint density at radius 1 is 0.812 bits per heavy atom. The van der Waals surface area contributed by atoms with Crippen molar-refractivity contribution in [3.63, 3.8) is 0 Å². The number of hydrogen-bond acceptors (Lipinski definition) is 5. The second-order valence-electron chi connectivity index (χ2n) is 9.28. The molecule has 6 nitrogen and oxygen atoms in total. The fourth-order valence-electron chi connectivity index (χ4n) is 3.54. The lowest BCUT2D eigenvalue weighted by Crippen LogP contribution is -2.35. The van der Waals surface area contributed by atoms with Crippen LogP contribution in [-0.4, -0.2) is 44.8 Å². The number of ketones is 1. The highest BCUT2D eigenvalue weighted by molar-refractivity contribution is 7.92. The zero-order valence-corrected chi connectivity index (χ0v) is 20.5. The van der Waals surface area contributed by atoms with Gasteiger partial charge in [0, 0.05) is 25.1 Å². The van der Waals surface area contributed by atoms with E-state index in [1.54, 1.807) is 69.3 Å². The van der Waals surface area contributed by atoms with Gasteiger partial charge in [-0.15, -0.1) is 0 Å². The lowest BCUT2D eigenvalue weighted by molar-refractivity contribution is 0.0993. The summed E-state index contributed by atoms with van der Waals surface area (Å²) in [6.07, 6.45) is 2.96. The van der Waals surface area contributed by atoms with E-state index in [0.29, 0.717) is 24.2 Å². The minimum absolute atomic E-state index is 0.0715. The summed E-state index contributed by atoms with van der Waals surface area (Å²) in [5.41, 5.74) is 1.86. The first-order valence-electron chi connectivity index (χ1n) is 10.8. The monoisotopic (exact) mass is 477 g/mol. The van der Waals surface area contributed by atoms with Crippen LogP contribution >= 0.6 is 0 Å². The van der Waals surface area contributed by atoms with Gasteiger partial charge in [0.1, 0.15) is 0 Å². The third-order valence-corrected chi connectivity index (χ3v) is 10.3. The number of benzene rings is 2. The molecule has 0 amide bonds. The van der Waals surface area contributed by atoms with Gasteiger partial charge in [-0.05, 0) is 56.9 Å². The molecule has 1 heterocycles. The van der Waals surface area contributed by atoms with Crippen LogP contribution < -0.4 is 0 Å². The molecule has 0 bridgehead atoms. The third-order valence-electron chi connectivity index (χ3n) is 5.81. The van der Waals surface area contributed by atoms with E-state index in [1.165, 1.54) is 4.31 Å². The number of Topliss-reactive ketones (excluding diaryl/α,β-unsaturated/α-hetero) is 1. The van der Waals surface area contributed by atoms with Crippen LogP contribution in [0.4, 0.5) is 0 Å². The summed E-state index contributed by atoms with van der Waals surface area (Å²) >= 11 is 0. The lowest BCUT2D eigenvalue weighted by atomic mass is 10.0. The highest BCUT2D eigenvalue weighted by atomic mass is 32.2. The first-order chi connectivity index (χ1) is 14.9. The maximum Gasteiger partial charge on any atom is 0.243 e. The summed E-state index contributed by atoms with van der Waals surface area (Å²) in [5, 5.41) is 0. The summed E-state index contributed by atoms with van der Waals surface area (Å²) in [6.45, 7) is 6.11. The average molecular weight is 478 g/mol. The van der Waals surface area contributed by atoms with Crippen molar-refractivity contribution in [2.45, 2.75) is 61.8 Å². The number of rotatable bonds is 7. The van der Waals surface area contributed by atoms with Crippen molar-refractivity contribution in [2.24, 2.45) is 0 Å². The van der Waals surface area contributed by atoms with E-state index in [9.17, 15) is 21.6 Å². The molecule has 0 atom stereocenters. The Balaban J connectivity index is 1.66. The van der Waals surface area contributed by atoms with Gasteiger partial charge in [0.15, 0.2) is 15.6 Å². The Hall–Kier alpha value is -2.03. The van der Waals surface area contributed by atoms with Crippen LogP contribution in [0.25, 0.3) is 0 Å². The fraction of sp³-hybridized carbons (Fsp3) is 0.458. The van der Waals surface area contributed by atoms with Gasteiger partial charge in [0.05, 0.1) is 15.4 Å². The predicted octanol–water partition coefficient (Wildman–Crippen LogP) is 4.00. The first kappa shape index (κ1) is 24.6. The van der Waals surface area contributed by atoms with Crippen LogP contribution in [0.3, 0.4) is 0 Å². The van der Waals surface area contributed by atoms with Crippen LogP contribution in [-0.2, 0) is 32.0 Å². The highest BCUT2D eigenvalue weighted by Gasteiger charge is 2.29. The van der Waals surface area contributed by atoms with Gasteiger partial charge < -0.3 is 0 Å². The van der Waals surface area contributed by atoms with Gasteiger partial charge in [-0.2, -0.15) is 4.31 Å². The second kappa shape index (κ2) is 9.45. The molecule has 174 valence electrons. The van der Waals surface area contributed by atoms with Gasteiger partial charge in [-0.25, -0.2) is 16.8 Å². The Labute approximate surface area is 191 Å². The maximum atomic E-state index is 12.8. The van der Waals surface area contributed by atoms with Gasteiger partial charge in [0.2, 0.25) is 10.0 Å². The molecule has 0 aliphatic carbocycles. The van der Waals surface area contributed by atoms with Crippen molar-refractivity contribution in [1.29, 1.82) is 0 Å². The molecule has 1 fully saturated rings. The van der Waals surface area contributed by atoms with Crippen molar-refractivity contribution in [3.05, 3.63) is 65.2 Å². The molecule has 3 rings (SSSR count). The van der Waals surface area contributed by atoms with Crippen molar-refractivity contribution in [2.75, 3.05) is 13.1 Å². The summed E-state index contributed by atoms with van der Waals surface area (Å²) < 4.78 is 50.9. The van der Waals surface area contributed by atoms with Gasteiger partial charge in [-0.1, -0.05) is 42.8 Å². The molecule has 1 saturated heterocycles. The summed E-state index contributed by atoms with van der Waals surface area (Å²) in [6, 6.07) is 13.1. The molecule has 0 spiro atoms. The minimum Gasteiger partial charge on any atom is -0.294 e. The number of piperidine rings is 1. The van der Waals surface area contributed by atoms with E-state index < -0.39 is 24.6 Å². The van der Waals surface area contributed by atoms with Crippen molar-refractivity contribution in [3.8, 4) is 0 Å². The molecular formula is C24H31NO5S2. The number of sulfone groups is 1. The van der Waals surface area contributed by atoms with E-state index in [1.807, 2.05) is 0 Å². The number of sulfonamides is 1. The highest BCUT2D eigenvalue weighted by Crippen LogP contribution is 2.23. The van der Waals surface area contributed by atoms with E-state index >= 15 is 0 Å². The quantitative estimate of drug-likeness (QED) is 0.563. The SMILES string of the molecule is CC(C)(C)S(=O)(=O)Cc1ccc(C(=O)Cc2ccc(S(=O)(=O)N3CCCCC3)cc2)cc1. The van der Waals surface area contributed by atoms with Crippen molar-refractivity contribution < 1.29 is 21.6 Å². The van der Waals surface area contributed by atoms with Crippen molar-refractivity contribution >= 4 is 25.6 Å². The van der Waals surface area contributed by atoms with Crippen LogP contribution in [0.15, 0.2) is 53.4 Å². The zero-order chi connectivity index (χ0) is 23.6. The molecule has 32 heavy (non-hydrogen) atoms. The first-order valence-corrected chi connectivity index (χ1v) is 13.9. The Kier molecular flexibility index (Phi) is 7.27. The lowest BCUT2D eigenvalue weighted by Gasteiger charge is -2.25. The van der Waals surface area contributed by atoms with E-state index in [-0.39, 0.29) is 22.9 Å². The zero-order valence-electron chi connectivity index (χ0n) is 18.9. The molecular weight excluding hydrogens is 446 g/mol. The third kappa shape index (κ3) is 5.66. The molecule has 0 radical (unpaired) electrons. The molecule has 8 heteroatoms. The summed E-state index contributed by atoms with van der Waals surface area (Å²) in [7, 11) is -6.78. The predicted molar refractivity (Wildman–Crippen MR) is 126 cm³/mol. The van der Waals surface area contributed by atoms with Gasteiger partial charge >= 0.3 is 0 Å². The maximum absolute atomic E-state index is 12.8. The van der Waals surface area contributed by atoms with Crippen LogP contribution in [0, 0.1) is 0 Å². The molecule has 2 aromatic carbocycles. The van der Waals surface area contributed by atoms with Crippen LogP contribution in [0.5, 0.6) is 0 Å². The molecule has 0 saturated carbocycles. The van der Waals surface area contributed by atoms with Crippen LogP contribution in [0.1, 0.15) is 61.5 Å².